The van der Waals surface area contributed by atoms with Crippen LogP contribution in [-0.2, 0) is 16.6 Å². The normalized spacial score (nSPS) is 14.8. The summed E-state index contributed by atoms with van der Waals surface area (Å²) in [5.74, 6) is 0.480. The molecule has 0 aliphatic rings. The van der Waals surface area contributed by atoms with Gasteiger partial charge >= 0.3 is 0 Å². The van der Waals surface area contributed by atoms with Gasteiger partial charge in [-0.3, -0.25) is 0 Å². The van der Waals surface area contributed by atoms with Gasteiger partial charge < -0.3 is 9.84 Å². The van der Waals surface area contributed by atoms with Gasteiger partial charge in [0.2, 0.25) is 10.0 Å². The topological polar surface area (TPSA) is 75.6 Å². The first-order valence-electron chi connectivity index (χ1n) is 6.65. The molecule has 0 amide bonds. The number of benzene rings is 1. The van der Waals surface area contributed by atoms with Crippen molar-refractivity contribution in [2.45, 2.75) is 44.7 Å². The van der Waals surface area contributed by atoms with Gasteiger partial charge in [-0.1, -0.05) is 26.3 Å². The quantitative estimate of drug-likeness (QED) is 0.806. The average Bonchev–Trinajstić information content (AvgIpc) is 2.44. The molecule has 0 radical (unpaired) electrons. The van der Waals surface area contributed by atoms with Crippen LogP contribution in [0.15, 0.2) is 23.1 Å². The second-order valence-corrected chi connectivity index (χ2v) is 6.62. The maximum absolute atomic E-state index is 12.4. The van der Waals surface area contributed by atoms with Gasteiger partial charge in [-0.25, -0.2) is 13.1 Å². The van der Waals surface area contributed by atoms with Crippen LogP contribution in [0.2, 0.25) is 0 Å². The molecule has 0 spiro atoms. The molecule has 0 aliphatic carbocycles. The highest BCUT2D eigenvalue weighted by Crippen LogP contribution is 2.25. The Morgan fingerprint density at radius 3 is 2.50 bits per heavy atom. The van der Waals surface area contributed by atoms with Crippen LogP contribution < -0.4 is 9.46 Å². The van der Waals surface area contributed by atoms with Crippen LogP contribution in [0.1, 0.15) is 32.8 Å². The molecule has 0 bridgehead atoms. The standard InChI is InChI=1S/C14H23NO4S/c1-5-10(2)11(3)15-20(17,18)14-7-6-12(9-16)8-13(14)19-4/h6-8,10-11,15-16H,5,9H2,1-4H3. The van der Waals surface area contributed by atoms with Crippen LogP contribution in [0.5, 0.6) is 5.75 Å². The maximum Gasteiger partial charge on any atom is 0.244 e. The Hall–Kier alpha value is -1.11. The summed E-state index contributed by atoms with van der Waals surface area (Å²) in [5, 5.41) is 9.08. The minimum atomic E-state index is -3.64. The summed E-state index contributed by atoms with van der Waals surface area (Å²) in [6.07, 6.45) is 0.893. The van der Waals surface area contributed by atoms with E-state index in [1.165, 1.54) is 19.2 Å². The molecule has 0 aromatic heterocycles. The van der Waals surface area contributed by atoms with E-state index in [0.29, 0.717) is 5.56 Å². The van der Waals surface area contributed by atoms with Crippen molar-refractivity contribution in [3.8, 4) is 5.75 Å². The molecule has 2 atom stereocenters. The average molecular weight is 301 g/mol. The van der Waals surface area contributed by atoms with Crippen molar-refractivity contribution < 1.29 is 18.3 Å². The third-order valence-corrected chi connectivity index (χ3v) is 5.14. The summed E-state index contributed by atoms with van der Waals surface area (Å²) in [4.78, 5) is 0.0901. The van der Waals surface area contributed by atoms with E-state index in [-0.39, 0.29) is 29.2 Å². The Labute approximate surface area is 121 Å². The van der Waals surface area contributed by atoms with E-state index >= 15 is 0 Å². The fraction of sp³-hybridized carbons (Fsp3) is 0.571. The third kappa shape index (κ3) is 3.94. The van der Waals surface area contributed by atoms with Gasteiger partial charge in [0.05, 0.1) is 13.7 Å². The first-order valence-corrected chi connectivity index (χ1v) is 8.14. The predicted molar refractivity (Wildman–Crippen MR) is 78.2 cm³/mol. The highest BCUT2D eigenvalue weighted by molar-refractivity contribution is 7.89. The zero-order chi connectivity index (χ0) is 15.3. The maximum atomic E-state index is 12.4. The Morgan fingerprint density at radius 1 is 1.35 bits per heavy atom. The van der Waals surface area contributed by atoms with Gasteiger partial charge in [0.25, 0.3) is 0 Å². The van der Waals surface area contributed by atoms with Crippen LogP contribution in [-0.4, -0.2) is 26.7 Å². The van der Waals surface area contributed by atoms with Crippen molar-refractivity contribution >= 4 is 10.0 Å². The highest BCUT2D eigenvalue weighted by atomic mass is 32.2. The fourth-order valence-electron chi connectivity index (χ4n) is 1.81. The molecule has 20 heavy (non-hydrogen) atoms. The van der Waals surface area contributed by atoms with E-state index in [1.54, 1.807) is 6.07 Å². The van der Waals surface area contributed by atoms with Gasteiger partial charge in [0.15, 0.2) is 0 Å². The number of sulfonamides is 1. The van der Waals surface area contributed by atoms with E-state index < -0.39 is 10.0 Å². The molecule has 6 heteroatoms. The lowest BCUT2D eigenvalue weighted by Gasteiger charge is -2.20. The molecular weight excluding hydrogens is 278 g/mol. The van der Waals surface area contributed by atoms with Gasteiger partial charge in [-0.15, -0.1) is 0 Å². The Morgan fingerprint density at radius 2 is 2.00 bits per heavy atom. The van der Waals surface area contributed by atoms with E-state index in [9.17, 15) is 8.42 Å². The van der Waals surface area contributed by atoms with Crippen molar-refractivity contribution in [1.29, 1.82) is 0 Å². The molecule has 0 saturated carbocycles. The van der Waals surface area contributed by atoms with Crippen LogP contribution in [0, 0.1) is 5.92 Å². The molecule has 1 aromatic rings. The number of aliphatic hydroxyl groups is 1. The molecule has 114 valence electrons. The van der Waals surface area contributed by atoms with Crippen LogP contribution in [0.3, 0.4) is 0 Å². The SMILES string of the molecule is CCC(C)C(C)NS(=O)(=O)c1ccc(CO)cc1OC. The van der Waals surface area contributed by atoms with E-state index in [0.717, 1.165) is 6.42 Å². The zero-order valence-electron chi connectivity index (χ0n) is 12.4. The molecule has 2 unspecified atom stereocenters. The predicted octanol–water partition coefficient (Wildman–Crippen LogP) is 1.90. The summed E-state index contributed by atoms with van der Waals surface area (Å²) < 4.78 is 32.6. The molecule has 0 fully saturated rings. The van der Waals surface area contributed by atoms with E-state index in [4.69, 9.17) is 9.84 Å². The van der Waals surface area contributed by atoms with Gasteiger partial charge in [0.1, 0.15) is 10.6 Å². The molecular formula is C14H23NO4S. The fourth-order valence-corrected chi connectivity index (χ4v) is 3.31. The molecule has 0 saturated heterocycles. The molecule has 0 aliphatic heterocycles. The molecule has 5 nitrogen and oxygen atoms in total. The van der Waals surface area contributed by atoms with Crippen LogP contribution in [0.4, 0.5) is 0 Å². The first-order chi connectivity index (χ1) is 9.35. The Bertz CT molecular complexity index is 542. The number of aliphatic hydroxyl groups excluding tert-OH is 1. The van der Waals surface area contributed by atoms with Gasteiger partial charge in [-0.05, 0) is 30.5 Å². The van der Waals surface area contributed by atoms with Crippen molar-refractivity contribution in [2.24, 2.45) is 5.92 Å². The third-order valence-electron chi connectivity index (χ3n) is 3.54. The summed E-state index contributed by atoms with van der Waals surface area (Å²) in [5.41, 5.74) is 0.607. The zero-order valence-corrected chi connectivity index (χ0v) is 13.2. The molecule has 1 aromatic carbocycles. The second-order valence-electron chi connectivity index (χ2n) is 4.94. The number of hydrogen-bond acceptors (Lipinski definition) is 4. The van der Waals surface area contributed by atoms with Crippen molar-refractivity contribution in [3.63, 3.8) is 0 Å². The largest absolute Gasteiger partial charge is 0.495 e. The van der Waals surface area contributed by atoms with E-state index in [2.05, 4.69) is 4.72 Å². The van der Waals surface area contributed by atoms with E-state index in [1.807, 2.05) is 20.8 Å². The summed E-state index contributed by atoms with van der Waals surface area (Å²) in [6, 6.07) is 4.40. The lowest BCUT2D eigenvalue weighted by Crippen LogP contribution is -2.37. The monoisotopic (exact) mass is 301 g/mol. The van der Waals surface area contributed by atoms with Crippen molar-refractivity contribution in [1.82, 2.24) is 4.72 Å². The minimum Gasteiger partial charge on any atom is -0.495 e. The van der Waals surface area contributed by atoms with Gasteiger partial charge in [0, 0.05) is 6.04 Å². The second kappa shape index (κ2) is 7.06. The Kier molecular flexibility index (Phi) is 5.98. The number of methoxy groups -OCH3 is 1. The summed E-state index contributed by atoms with van der Waals surface area (Å²) >= 11 is 0. The molecule has 2 N–H and O–H groups in total. The molecule has 1 rings (SSSR count). The van der Waals surface area contributed by atoms with Crippen molar-refractivity contribution in [3.05, 3.63) is 23.8 Å². The number of hydrogen-bond donors (Lipinski definition) is 2. The van der Waals surface area contributed by atoms with Crippen LogP contribution >= 0.6 is 0 Å². The number of nitrogens with one attached hydrogen (secondary N) is 1. The van der Waals surface area contributed by atoms with Gasteiger partial charge in [-0.2, -0.15) is 0 Å². The Balaban J connectivity index is 3.09. The highest BCUT2D eigenvalue weighted by Gasteiger charge is 2.23. The lowest BCUT2D eigenvalue weighted by atomic mass is 10.0. The smallest absolute Gasteiger partial charge is 0.244 e. The summed E-state index contributed by atoms with van der Waals surface area (Å²) in [7, 11) is -2.23. The molecule has 0 heterocycles. The minimum absolute atomic E-state index is 0.0901. The lowest BCUT2D eigenvalue weighted by molar-refractivity contribution is 0.280. The van der Waals surface area contributed by atoms with Crippen molar-refractivity contribution in [2.75, 3.05) is 7.11 Å². The first kappa shape index (κ1) is 16.9. The summed E-state index contributed by atoms with van der Waals surface area (Å²) in [6.45, 7) is 5.71. The number of ether oxygens (including phenoxy) is 1. The number of rotatable bonds is 7. The van der Waals surface area contributed by atoms with Crippen LogP contribution in [0.25, 0.3) is 0 Å².